The normalized spacial score (nSPS) is 22.2. The van der Waals surface area contributed by atoms with Crippen LogP contribution in [0.3, 0.4) is 0 Å². The first kappa shape index (κ1) is 20.1. The molecule has 30 heavy (non-hydrogen) atoms. The van der Waals surface area contributed by atoms with E-state index in [4.69, 9.17) is 0 Å². The number of fused-ring (bicyclic) bond motifs is 1. The number of rotatable bonds is 4. The summed E-state index contributed by atoms with van der Waals surface area (Å²) in [4.78, 5) is 42.4. The van der Waals surface area contributed by atoms with E-state index in [0.29, 0.717) is 12.8 Å². The highest BCUT2D eigenvalue weighted by Crippen LogP contribution is 2.40. The maximum absolute atomic E-state index is 13.6. The van der Waals surface area contributed by atoms with E-state index in [1.807, 2.05) is 74.3 Å². The SMILES string of the molecule is Cc1ccc2c(c1)C[C@@]1(CN2C)C(=O)NC(=O)N([C@@H](C)CCc2ccccc2)C1=O. The van der Waals surface area contributed by atoms with Gasteiger partial charge in [0, 0.05) is 25.3 Å². The molecule has 0 bridgehead atoms. The van der Waals surface area contributed by atoms with Crippen molar-refractivity contribution in [2.24, 2.45) is 5.41 Å². The lowest BCUT2D eigenvalue weighted by molar-refractivity contribution is -0.152. The summed E-state index contributed by atoms with van der Waals surface area (Å²) in [7, 11) is 1.88. The average Bonchev–Trinajstić information content (AvgIpc) is 2.71. The summed E-state index contributed by atoms with van der Waals surface area (Å²) >= 11 is 0. The number of carbonyl (C=O) groups excluding carboxylic acids is 3. The Morgan fingerprint density at radius 2 is 1.83 bits per heavy atom. The van der Waals surface area contributed by atoms with Crippen LogP contribution < -0.4 is 10.2 Å². The molecule has 2 heterocycles. The fourth-order valence-electron chi connectivity index (χ4n) is 4.64. The van der Waals surface area contributed by atoms with Crippen molar-refractivity contribution in [1.82, 2.24) is 10.2 Å². The monoisotopic (exact) mass is 405 g/mol. The number of hydrogen-bond donors (Lipinski definition) is 1. The van der Waals surface area contributed by atoms with Gasteiger partial charge in [-0.05, 0) is 50.3 Å². The van der Waals surface area contributed by atoms with Gasteiger partial charge in [0.1, 0.15) is 5.41 Å². The van der Waals surface area contributed by atoms with Crippen molar-refractivity contribution in [2.45, 2.75) is 39.2 Å². The maximum Gasteiger partial charge on any atom is 0.331 e. The van der Waals surface area contributed by atoms with E-state index in [9.17, 15) is 14.4 Å². The summed E-state index contributed by atoms with van der Waals surface area (Å²) in [5.74, 6) is -0.890. The van der Waals surface area contributed by atoms with Crippen molar-refractivity contribution in [3.05, 3.63) is 65.2 Å². The number of carbonyl (C=O) groups is 3. The van der Waals surface area contributed by atoms with Gasteiger partial charge in [0.25, 0.3) is 0 Å². The third-order valence-corrected chi connectivity index (χ3v) is 6.28. The lowest BCUT2D eigenvalue weighted by atomic mass is 9.74. The molecule has 2 atom stereocenters. The third kappa shape index (κ3) is 3.36. The van der Waals surface area contributed by atoms with Gasteiger partial charge in [-0.1, -0.05) is 48.0 Å². The molecule has 0 aromatic heterocycles. The Kier molecular flexibility index (Phi) is 5.10. The van der Waals surface area contributed by atoms with Crippen LogP contribution in [0.1, 0.15) is 30.0 Å². The van der Waals surface area contributed by atoms with Crippen molar-refractivity contribution in [3.63, 3.8) is 0 Å². The van der Waals surface area contributed by atoms with Gasteiger partial charge in [-0.3, -0.25) is 19.8 Å². The number of urea groups is 1. The standard InChI is InChI=1S/C24H27N3O3/c1-16-9-12-20-19(13-16)14-24(15-26(20)3)21(28)25-23(30)27(22(24)29)17(2)10-11-18-7-5-4-6-8-18/h4-9,12-13,17H,10-11,14-15H2,1-3H3,(H,25,28,30)/t17-,24+/m0/s1. The van der Waals surface area contributed by atoms with Gasteiger partial charge >= 0.3 is 6.03 Å². The van der Waals surface area contributed by atoms with E-state index < -0.39 is 23.3 Å². The quantitative estimate of drug-likeness (QED) is 0.794. The minimum Gasteiger partial charge on any atom is -0.373 e. The number of hydrogen-bond acceptors (Lipinski definition) is 4. The Labute approximate surface area is 176 Å². The zero-order valence-electron chi connectivity index (χ0n) is 17.6. The van der Waals surface area contributed by atoms with Gasteiger partial charge in [-0.15, -0.1) is 0 Å². The number of barbiturate groups is 1. The summed E-state index contributed by atoms with van der Waals surface area (Å²) in [6, 6.07) is 15.1. The van der Waals surface area contributed by atoms with Crippen molar-refractivity contribution in [2.75, 3.05) is 18.5 Å². The number of nitrogens with one attached hydrogen (secondary N) is 1. The molecule has 0 unspecified atom stereocenters. The molecule has 4 amide bonds. The molecule has 0 aliphatic carbocycles. The Morgan fingerprint density at radius 3 is 2.57 bits per heavy atom. The fraction of sp³-hybridized carbons (Fsp3) is 0.375. The van der Waals surface area contributed by atoms with Gasteiger partial charge in [0.15, 0.2) is 0 Å². The molecule has 1 N–H and O–H groups in total. The lowest BCUT2D eigenvalue weighted by Gasteiger charge is -2.46. The van der Waals surface area contributed by atoms with E-state index in [-0.39, 0.29) is 12.6 Å². The van der Waals surface area contributed by atoms with Gasteiger partial charge in [0.05, 0.1) is 0 Å². The molecule has 0 radical (unpaired) electrons. The van der Waals surface area contributed by atoms with Crippen LogP contribution in [0.2, 0.25) is 0 Å². The molecule has 6 heteroatoms. The number of aryl methyl sites for hydroxylation is 2. The summed E-state index contributed by atoms with van der Waals surface area (Å²) < 4.78 is 0. The highest BCUT2D eigenvalue weighted by atomic mass is 16.2. The van der Waals surface area contributed by atoms with Crippen LogP contribution in [0.5, 0.6) is 0 Å². The third-order valence-electron chi connectivity index (χ3n) is 6.28. The van der Waals surface area contributed by atoms with Crippen molar-refractivity contribution < 1.29 is 14.4 Å². The molecule has 2 aliphatic heterocycles. The molecule has 6 nitrogen and oxygen atoms in total. The topological polar surface area (TPSA) is 69.7 Å². The maximum atomic E-state index is 13.6. The van der Waals surface area contributed by atoms with Crippen LogP contribution in [0.25, 0.3) is 0 Å². The molecular weight excluding hydrogens is 378 g/mol. The van der Waals surface area contributed by atoms with Gasteiger partial charge in [0.2, 0.25) is 11.8 Å². The molecule has 1 saturated heterocycles. The minimum absolute atomic E-state index is 0.253. The molecule has 1 spiro atoms. The molecule has 2 aliphatic rings. The Hall–Kier alpha value is -3.15. The minimum atomic E-state index is -1.29. The van der Waals surface area contributed by atoms with E-state index in [1.54, 1.807) is 0 Å². The van der Waals surface area contributed by atoms with Crippen LogP contribution in [0, 0.1) is 12.3 Å². The number of imide groups is 2. The van der Waals surface area contributed by atoms with Crippen LogP contribution in [-0.4, -0.2) is 42.4 Å². The first-order chi connectivity index (χ1) is 14.3. The van der Waals surface area contributed by atoms with Crippen LogP contribution in [0.15, 0.2) is 48.5 Å². The summed E-state index contributed by atoms with van der Waals surface area (Å²) in [6.45, 7) is 4.11. The second kappa shape index (κ2) is 7.59. The summed E-state index contributed by atoms with van der Waals surface area (Å²) in [6.07, 6.45) is 1.69. The Morgan fingerprint density at radius 1 is 1.10 bits per heavy atom. The molecule has 0 saturated carbocycles. The number of benzene rings is 2. The van der Waals surface area contributed by atoms with Gasteiger partial charge in [-0.25, -0.2) is 4.79 Å². The van der Waals surface area contributed by atoms with Crippen LogP contribution >= 0.6 is 0 Å². The largest absolute Gasteiger partial charge is 0.373 e. The van der Waals surface area contributed by atoms with E-state index in [1.165, 1.54) is 4.90 Å². The fourth-order valence-corrected chi connectivity index (χ4v) is 4.64. The van der Waals surface area contributed by atoms with Gasteiger partial charge in [-0.2, -0.15) is 0 Å². The summed E-state index contributed by atoms with van der Waals surface area (Å²) in [5, 5.41) is 2.47. The molecule has 156 valence electrons. The van der Waals surface area contributed by atoms with Crippen LogP contribution in [-0.2, 0) is 22.4 Å². The Balaban J connectivity index is 1.61. The first-order valence-corrected chi connectivity index (χ1v) is 10.4. The number of amides is 4. The highest BCUT2D eigenvalue weighted by molar-refractivity contribution is 6.20. The van der Waals surface area contributed by atoms with E-state index >= 15 is 0 Å². The predicted molar refractivity (Wildman–Crippen MR) is 115 cm³/mol. The Bertz CT molecular complexity index is 1000. The second-order valence-electron chi connectivity index (χ2n) is 8.55. The van der Waals surface area contributed by atoms with Crippen LogP contribution in [0.4, 0.5) is 10.5 Å². The smallest absolute Gasteiger partial charge is 0.331 e. The van der Waals surface area contributed by atoms with Crippen molar-refractivity contribution >= 4 is 23.5 Å². The average molecular weight is 405 g/mol. The predicted octanol–water partition coefficient (Wildman–Crippen LogP) is 3.07. The zero-order valence-corrected chi connectivity index (χ0v) is 17.6. The molecule has 2 aromatic carbocycles. The van der Waals surface area contributed by atoms with Crippen molar-refractivity contribution in [3.8, 4) is 0 Å². The molecule has 4 rings (SSSR count). The van der Waals surface area contributed by atoms with Crippen molar-refractivity contribution in [1.29, 1.82) is 0 Å². The highest BCUT2D eigenvalue weighted by Gasteiger charge is 2.57. The molecule has 2 aromatic rings. The second-order valence-corrected chi connectivity index (χ2v) is 8.55. The molecular formula is C24H27N3O3. The lowest BCUT2D eigenvalue weighted by Crippen LogP contribution is -2.69. The first-order valence-electron chi connectivity index (χ1n) is 10.4. The zero-order chi connectivity index (χ0) is 21.5. The number of anilines is 1. The van der Waals surface area contributed by atoms with Gasteiger partial charge < -0.3 is 4.90 Å². The van der Waals surface area contributed by atoms with E-state index in [2.05, 4.69) is 5.32 Å². The molecule has 1 fully saturated rings. The van der Waals surface area contributed by atoms with E-state index in [0.717, 1.165) is 28.8 Å². The number of nitrogens with zero attached hydrogens (tertiary/aromatic N) is 2. The summed E-state index contributed by atoms with van der Waals surface area (Å²) in [5.41, 5.74) is 2.92.